The molecule has 0 saturated carbocycles. The fourth-order valence-electron chi connectivity index (χ4n) is 2.91. The van der Waals surface area contributed by atoms with Crippen molar-refractivity contribution in [2.24, 2.45) is 7.05 Å². The highest BCUT2D eigenvalue weighted by Crippen LogP contribution is 2.33. The van der Waals surface area contributed by atoms with Crippen LogP contribution < -0.4 is 15.2 Å². The Balaban J connectivity index is 1.52. The number of benzene rings is 2. The van der Waals surface area contributed by atoms with Gasteiger partial charge in [0.2, 0.25) is 0 Å². The Bertz CT molecular complexity index is 1070. The molecule has 0 bridgehead atoms. The first-order valence-electron chi connectivity index (χ1n) is 9.62. The number of rotatable bonds is 8. The van der Waals surface area contributed by atoms with E-state index in [2.05, 4.69) is 10.6 Å². The third kappa shape index (κ3) is 6.44. The van der Waals surface area contributed by atoms with Crippen molar-refractivity contribution in [3.8, 4) is 0 Å². The third-order valence-corrected chi connectivity index (χ3v) is 5.06. The molecule has 1 aromatic heterocycles. The van der Waals surface area contributed by atoms with Gasteiger partial charge in [-0.2, -0.15) is 0 Å². The summed E-state index contributed by atoms with van der Waals surface area (Å²) in [6.07, 6.45) is 3.62. The second-order valence-corrected chi connectivity index (χ2v) is 7.60. The number of amides is 1. The first kappa shape index (κ1) is 22.6. The summed E-state index contributed by atoms with van der Waals surface area (Å²) < 4.78 is 7.06. The van der Waals surface area contributed by atoms with E-state index >= 15 is 0 Å². The van der Waals surface area contributed by atoms with Crippen LogP contribution in [0.1, 0.15) is 15.9 Å². The van der Waals surface area contributed by atoms with Crippen LogP contribution in [0.4, 0.5) is 11.4 Å². The number of hydrogen-bond acceptors (Lipinski definition) is 4. The Morgan fingerprint density at radius 2 is 1.74 bits per heavy atom. The first-order chi connectivity index (χ1) is 14.9. The van der Waals surface area contributed by atoms with Gasteiger partial charge in [-0.1, -0.05) is 47.5 Å². The molecular weight excluding hydrogens is 437 g/mol. The Morgan fingerprint density at radius 1 is 1.00 bits per heavy atom. The molecule has 160 valence electrons. The van der Waals surface area contributed by atoms with Crippen LogP contribution in [0.15, 0.2) is 67.0 Å². The minimum absolute atomic E-state index is 0.0632. The van der Waals surface area contributed by atoms with E-state index in [1.165, 1.54) is 0 Å². The predicted molar refractivity (Wildman–Crippen MR) is 121 cm³/mol. The lowest BCUT2D eigenvalue weighted by atomic mass is 10.1. The molecule has 0 atom stereocenters. The van der Waals surface area contributed by atoms with Gasteiger partial charge in [-0.05, 0) is 29.8 Å². The van der Waals surface area contributed by atoms with Gasteiger partial charge in [0.1, 0.15) is 19.2 Å². The van der Waals surface area contributed by atoms with Crippen LogP contribution in [0.2, 0.25) is 10.0 Å². The molecule has 31 heavy (non-hydrogen) atoms. The number of anilines is 2. The number of esters is 1. The van der Waals surface area contributed by atoms with Crippen LogP contribution in [0.25, 0.3) is 0 Å². The van der Waals surface area contributed by atoms with Crippen molar-refractivity contribution in [2.45, 2.75) is 6.42 Å². The van der Waals surface area contributed by atoms with E-state index in [1.54, 1.807) is 41.1 Å². The van der Waals surface area contributed by atoms with Gasteiger partial charge in [0.15, 0.2) is 12.4 Å². The SMILES string of the molecule is C[n+]1cccc(C(=O)NCCOC(=O)Cc2ccccc2Nc2c(Cl)cccc2Cl)c1. The van der Waals surface area contributed by atoms with Crippen LogP contribution in [-0.4, -0.2) is 25.0 Å². The monoisotopic (exact) mass is 458 g/mol. The van der Waals surface area contributed by atoms with E-state index in [-0.39, 0.29) is 25.5 Å². The van der Waals surface area contributed by atoms with Crippen LogP contribution in [-0.2, 0) is 23.0 Å². The van der Waals surface area contributed by atoms with E-state index in [1.807, 2.05) is 37.5 Å². The molecule has 2 aromatic carbocycles. The molecule has 3 aromatic rings. The van der Waals surface area contributed by atoms with Gasteiger partial charge in [0, 0.05) is 11.8 Å². The number of hydrogen-bond donors (Lipinski definition) is 2. The quantitative estimate of drug-likeness (QED) is 0.303. The standard InChI is InChI=1S/C23H21Cl2N3O3/c1-28-12-5-7-17(15-28)23(30)26-11-13-31-21(29)14-16-6-2-3-10-20(16)27-22-18(24)8-4-9-19(22)25/h2-10,12,15,27H,11,13-14H2,1H3/p+1. The highest BCUT2D eigenvalue weighted by atomic mass is 35.5. The summed E-state index contributed by atoms with van der Waals surface area (Å²) >= 11 is 12.5. The molecule has 0 spiro atoms. The van der Waals surface area contributed by atoms with Gasteiger partial charge in [0.25, 0.3) is 5.91 Å². The predicted octanol–water partition coefficient (Wildman–Crippen LogP) is 4.08. The van der Waals surface area contributed by atoms with Crippen molar-refractivity contribution >= 4 is 46.5 Å². The normalized spacial score (nSPS) is 10.4. The van der Waals surface area contributed by atoms with E-state index in [4.69, 9.17) is 27.9 Å². The maximum Gasteiger partial charge on any atom is 0.310 e. The zero-order valence-electron chi connectivity index (χ0n) is 16.9. The van der Waals surface area contributed by atoms with E-state index in [0.29, 0.717) is 27.0 Å². The number of aromatic nitrogens is 1. The van der Waals surface area contributed by atoms with Crippen LogP contribution in [0, 0.1) is 0 Å². The molecule has 8 heteroatoms. The second-order valence-electron chi connectivity index (χ2n) is 6.79. The molecule has 1 heterocycles. The van der Waals surface area contributed by atoms with Crippen molar-refractivity contribution in [3.05, 3.63) is 88.2 Å². The molecule has 0 unspecified atom stereocenters. The zero-order chi connectivity index (χ0) is 22.2. The van der Waals surface area contributed by atoms with Gasteiger partial charge in [-0.15, -0.1) is 0 Å². The third-order valence-electron chi connectivity index (χ3n) is 4.43. The zero-order valence-corrected chi connectivity index (χ0v) is 18.4. The highest BCUT2D eigenvalue weighted by Gasteiger charge is 2.13. The molecular formula is C23H22Cl2N3O3+. The minimum atomic E-state index is -0.403. The summed E-state index contributed by atoms with van der Waals surface area (Å²) in [5, 5.41) is 6.88. The number of nitrogens with zero attached hydrogens (tertiary/aromatic N) is 1. The Kier molecular flexibility index (Phi) is 7.87. The van der Waals surface area contributed by atoms with Crippen molar-refractivity contribution in [1.82, 2.24) is 5.32 Å². The lowest BCUT2D eigenvalue weighted by Gasteiger charge is -2.14. The van der Waals surface area contributed by atoms with E-state index in [9.17, 15) is 9.59 Å². The second kappa shape index (κ2) is 10.8. The average Bonchev–Trinajstić information content (AvgIpc) is 2.75. The number of para-hydroxylation sites is 2. The van der Waals surface area contributed by atoms with Gasteiger partial charge >= 0.3 is 5.97 Å². The van der Waals surface area contributed by atoms with Crippen LogP contribution in [0.3, 0.4) is 0 Å². The number of aryl methyl sites for hydroxylation is 1. The number of carbonyl (C=O) groups excluding carboxylic acids is 2. The number of nitrogens with one attached hydrogen (secondary N) is 2. The topological polar surface area (TPSA) is 71.3 Å². The molecule has 3 rings (SSSR count). The lowest BCUT2D eigenvalue weighted by Crippen LogP contribution is -2.32. The van der Waals surface area contributed by atoms with Crippen molar-refractivity contribution in [3.63, 3.8) is 0 Å². The molecule has 1 amide bonds. The number of pyridine rings is 1. The molecule has 2 N–H and O–H groups in total. The smallest absolute Gasteiger partial charge is 0.310 e. The van der Waals surface area contributed by atoms with E-state index < -0.39 is 5.97 Å². The Morgan fingerprint density at radius 3 is 2.48 bits per heavy atom. The van der Waals surface area contributed by atoms with Crippen molar-refractivity contribution in [1.29, 1.82) is 0 Å². The highest BCUT2D eigenvalue weighted by molar-refractivity contribution is 6.39. The largest absolute Gasteiger partial charge is 0.464 e. The summed E-state index contributed by atoms with van der Waals surface area (Å²) in [6, 6.07) is 16.1. The molecule has 0 radical (unpaired) electrons. The Hall–Kier alpha value is -3.09. The van der Waals surface area contributed by atoms with Crippen LogP contribution >= 0.6 is 23.2 Å². The lowest BCUT2D eigenvalue weighted by molar-refractivity contribution is -0.671. The number of ether oxygens (including phenoxy) is 1. The maximum absolute atomic E-state index is 12.3. The summed E-state index contributed by atoms with van der Waals surface area (Å²) in [6.45, 7) is 0.299. The van der Waals surface area contributed by atoms with Crippen LogP contribution in [0.5, 0.6) is 0 Å². The molecule has 0 aliphatic carbocycles. The molecule has 6 nitrogen and oxygen atoms in total. The first-order valence-corrected chi connectivity index (χ1v) is 10.4. The number of carbonyl (C=O) groups is 2. The average molecular weight is 459 g/mol. The van der Waals surface area contributed by atoms with Gasteiger partial charge < -0.3 is 15.4 Å². The molecule has 0 fully saturated rings. The molecule has 0 aliphatic rings. The molecule has 0 aliphatic heterocycles. The maximum atomic E-state index is 12.3. The van der Waals surface area contributed by atoms with Gasteiger partial charge in [-0.3, -0.25) is 9.59 Å². The van der Waals surface area contributed by atoms with Crippen molar-refractivity contribution < 1.29 is 18.9 Å². The van der Waals surface area contributed by atoms with Crippen molar-refractivity contribution in [2.75, 3.05) is 18.5 Å². The fourth-order valence-corrected chi connectivity index (χ4v) is 3.40. The summed E-state index contributed by atoms with van der Waals surface area (Å²) in [4.78, 5) is 24.4. The number of halogens is 2. The summed E-state index contributed by atoms with van der Waals surface area (Å²) in [7, 11) is 1.84. The fraction of sp³-hybridized carbons (Fsp3) is 0.174. The van der Waals surface area contributed by atoms with Gasteiger partial charge in [0.05, 0.1) is 28.7 Å². The Labute approximate surface area is 190 Å². The summed E-state index contributed by atoms with van der Waals surface area (Å²) in [5.74, 6) is -0.627. The summed E-state index contributed by atoms with van der Waals surface area (Å²) in [5.41, 5.74) is 2.56. The minimum Gasteiger partial charge on any atom is -0.464 e. The molecule has 0 saturated heterocycles. The van der Waals surface area contributed by atoms with Gasteiger partial charge in [-0.25, -0.2) is 4.57 Å². The van der Waals surface area contributed by atoms with E-state index in [0.717, 1.165) is 5.56 Å².